The molecule has 3 nitrogen and oxygen atoms in total. The standard InChI is InChI=1S/C12H11F4NO2/c13-8-5-7(9(14)11(16)10(8)15)12(19)17-3-1-6(18)2-4-17/h5-6,18H,1-4H2. The fourth-order valence-corrected chi connectivity index (χ4v) is 1.97. The van der Waals surface area contributed by atoms with Crippen molar-refractivity contribution in [1.82, 2.24) is 4.90 Å². The molecule has 1 fully saturated rings. The fraction of sp³-hybridized carbons (Fsp3) is 0.417. The smallest absolute Gasteiger partial charge is 0.257 e. The first-order valence-electron chi connectivity index (χ1n) is 5.72. The van der Waals surface area contributed by atoms with Crippen molar-refractivity contribution in [3.8, 4) is 0 Å². The van der Waals surface area contributed by atoms with Crippen molar-refractivity contribution in [3.05, 3.63) is 34.9 Å². The number of halogens is 4. The Hall–Kier alpha value is -1.63. The zero-order valence-corrected chi connectivity index (χ0v) is 9.80. The van der Waals surface area contributed by atoms with Gasteiger partial charge in [0.25, 0.3) is 5.91 Å². The SMILES string of the molecule is O=C(c1cc(F)c(F)c(F)c1F)N1CCC(O)CC1. The minimum atomic E-state index is -2.00. The second-order valence-corrected chi connectivity index (χ2v) is 4.37. The number of carbonyl (C=O) groups is 1. The van der Waals surface area contributed by atoms with Gasteiger partial charge in [0.1, 0.15) is 0 Å². The number of amides is 1. The van der Waals surface area contributed by atoms with Gasteiger partial charge >= 0.3 is 0 Å². The minimum absolute atomic E-state index is 0.153. The molecule has 1 saturated heterocycles. The van der Waals surface area contributed by atoms with Gasteiger partial charge in [-0.2, -0.15) is 0 Å². The van der Waals surface area contributed by atoms with E-state index in [-0.39, 0.29) is 13.1 Å². The Morgan fingerprint density at radius 2 is 1.68 bits per heavy atom. The van der Waals surface area contributed by atoms with Gasteiger partial charge in [0.2, 0.25) is 0 Å². The molecule has 104 valence electrons. The van der Waals surface area contributed by atoms with E-state index in [9.17, 15) is 27.5 Å². The van der Waals surface area contributed by atoms with Crippen molar-refractivity contribution < 1.29 is 27.5 Å². The van der Waals surface area contributed by atoms with Crippen molar-refractivity contribution in [2.45, 2.75) is 18.9 Å². The van der Waals surface area contributed by atoms with Gasteiger partial charge in [-0.05, 0) is 18.9 Å². The van der Waals surface area contributed by atoms with Crippen LogP contribution in [0.25, 0.3) is 0 Å². The van der Waals surface area contributed by atoms with Gasteiger partial charge in [0.15, 0.2) is 23.3 Å². The van der Waals surface area contributed by atoms with E-state index in [1.165, 1.54) is 4.90 Å². The summed E-state index contributed by atoms with van der Waals surface area (Å²) in [6, 6.07) is 0.348. The van der Waals surface area contributed by atoms with Gasteiger partial charge in [-0.1, -0.05) is 0 Å². The highest BCUT2D eigenvalue weighted by Crippen LogP contribution is 2.21. The molecule has 19 heavy (non-hydrogen) atoms. The zero-order valence-electron chi connectivity index (χ0n) is 9.80. The average Bonchev–Trinajstić information content (AvgIpc) is 2.40. The highest BCUT2D eigenvalue weighted by atomic mass is 19.2. The number of piperidine rings is 1. The molecule has 0 saturated carbocycles. The topological polar surface area (TPSA) is 40.5 Å². The number of nitrogens with zero attached hydrogens (tertiary/aromatic N) is 1. The van der Waals surface area contributed by atoms with E-state index >= 15 is 0 Å². The van der Waals surface area contributed by atoms with Gasteiger partial charge in [0.05, 0.1) is 11.7 Å². The van der Waals surface area contributed by atoms with Crippen LogP contribution in [0, 0.1) is 23.3 Å². The lowest BCUT2D eigenvalue weighted by Gasteiger charge is -2.29. The molecule has 1 N–H and O–H groups in total. The van der Waals surface area contributed by atoms with Crippen LogP contribution in [0.4, 0.5) is 17.6 Å². The van der Waals surface area contributed by atoms with Crippen LogP contribution >= 0.6 is 0 Å². The Morgan fingerprint density at radius 1 is 1.11 bits per heavy atom. The molecule has 0 unspecified atom stereocenters. The lowest BCUT2D eigenvalue weighted by molar-refractivity contribution is 0.0541. The quantitative estimate of drug-likeness (QED) is 0.483. The van der Waals surface area contributed by atoms with Crippen LogP contribution < -0.4 is 0 Å². The summed E-state index contributed by atoms with van der Waals surface area (Å²) in [5, 5.41) is 9.28. The van der Waals surface area contributed by atoms with Crippen LogP contribution in [-0.4, -0.2) is 35.1 Å². The monoisotopic (exact) mass is 277 g/mol. The molecule has 0 atom stereocenters. The summed E-state index contributed by atoms with van der Waals surface area (Å²) >= 11 is 0. The van der Waals surface area contributed by atoms with Crippen LogP contribution in [0.15, 0.2) is 6.07 Å². The number of likely N-dealkylation sites (tertiary alicyclic amines) is 1. The van der Waals surface area contributed by atoms with Crippen LogP contribution in [0.2, 0.25) is 0 Å². The van der Waals surface area contributed by atoms with Crippen molar-refractivity contribution in [2.75, 3.05) is 13.1 Å². The third-order valence-electron chi connectivity index (χ3n) is 3.08. The molecule has 0 aromatic heterocycles. The van der Waals surface area contributed by atoms with E-state index in [0.29, 0.717) is 18.9 Å². The Morgan fingerprint density at radius 3 is 2.26 bits per heavy atom. The third kappa shape index (κ3) is 2.56. The summed E-state index contributed by atoms with van der Waals surface area (Å²) in [4.78, 5) is 13.1. The average molecular weight is 277 g/mol. The Bertz CT molecular complexity index is 513. The number of carbonyl (C=O) groups excluding carboxylic acids is 1. The Labute approximate surface area is 106 Å². The summed E-state index contributed by atoms with van der Waals surface area (Å²) in [7, 11) is 0. The number of aliphatic hydroxyl groups is 1. The van der Waals surface area contributed by atoms with E-state index < -0.39 is 40.8 Å². The Kier molecular flexibility index (Phi) is 3.75. The van der Waals surface area contributed by atoms with E-state index in [1.54, 1.807) is 0 Å². The molecule has 1 aliphatic rings. The van der Waals surface area contributed by atoms with Gasteiger partial charge < -0.3 is 10.0 Å². The number of benzene rings is 1. The first-order chi connectivity index (χ1) is 8.91. The summed E-state index contributed by atoms with van der Waals surface area (Å²) in [5.74, 6) is -8.17. The second kappa shape index (κ2) is 5.16. The van der Waals surface area contributed by atoms with Crippen LogP contribution in [0.1, 0.15) is 23.2 Å². The number of hydrogen-bond acceptors (Lipinski definition) is 2. The lowest BCUT2D eigenvalue weighted by atomic mass is 10.1. The van der Waals surface area contributed by atoms with Crippen molar-refractivity contribution >= 4 is 5.91 Å². The zero-order chi connectivity index (χ0) is 14.2. The summed E-state index contributed by atoms with van der Waals surface area (Å²) in [5.41, 5.74) is -0.840. The second-order valence-electron chi connectivity index (χ2n) is 4.37. The fourth-order valence-electron chi connectivity index (χ4n) is 1.97. The molecule has 1 heterocycles. The third-order valence-corrected chi connectivity index (χ3v) is 3.08. The van der Waals surface area contributed by atoms with Crippen molar-refractivity contribution in [2.24, 2.45) is 0 Å². The van der Waals surface area contributed by atoms with E-state index in [2.05, 4.69) is 0 Å². The van der Waals surface area contributed by atoms with Crippen molar-refractivity contribution in [3.63, 3.8) is 0 Å². The lowest BCUT2D eigenvalue weighted by Crippen LogP contribution is -2.40. The maximum Gasteiger partial charge on any atom is 0.257 e. The van der Waals surface area contributed by atoms with Crippen LogP contribution in [-0.2, 0) is 0 Å². The molecular formula is C12H11F4NO2. The molecule has 0 bridgehead atoms. The molecule has 7 heteroatoms. The molecule has 0 spiro atoms. The highest BCUT2D eigenvalue weighted by molar-refractivity contribution is 5.94. The summed E-state index contributed by atoms with van der Waals surface area (Å²) < 4.78 is 52.3. The van der Waals surface area contributed by atoms with E-state index in [1.807, 2.05) is 0 Å². The van der Waals surface area contributed by atoms with E-state index in [0.717, 1.165) is 0 Å². The first-order valence-corrected chi connectivity index (χ1v) is 5.72. The number of rotatable bonds is 1. The predicted molar refractivity (Wildman–Crippen MR) is 57.4 cm³/mol. The predicted octanol–water partition coefficient (Wildman–Crippen LogP) is 1.84. The maximum atomic E-state index is 13.4. The largest absolute Gasteiger partial charge is 0.393 e. The minimum Gasteiger partial charge on any atom is -0.393 e. The molecule has 1 aromatic rings. The van der Waals surface area contributed by atoms with Crippen molar-refractivity contribution in [1.29, 1.82) is 0 Å². The van der Waals surface area contributed by atoms with E-state index in [4.69, 9.17) is 0 Å². The highest BCUT2D eigenvalue weighted by Gasteiger charge is 2.28. The van der Waals surface area contributed by atoms with Gasteiger partial charge in [0, 0.05) is 13.1 Å². The molecule has 1 aromatic carbocycles. The van der Waals surface area contributed by atoms with Gasteiger partial charge in [-0.15, -0.1) is 0 Å². The first kappa shape index (κ1) is 13.8. The molecule has 0 aliphatic carbocycles. The normalized spacial score (nSPS) is 16.8. The summed E-state index contributed by atoms with van der Waals surface area (Å²) in [6.07, 6.45) is 0.0644. The molecule has 2 rings (SSSR count). The molecule has 0 radical (unpaired) electrons. The van der Waals surface area contributed by atoms with Crippen LogP contribution in [0.3, 0.4) is 0 Å². The molecule has 1 aliphatic heterocycles. The molecular weight excluding hydrogens is 266 g/mol. The van der Waals surface area contributed by atoms with Crippen LogP contribution in [0.5, 0.6) is 0 Å². The maximum absolute atomic E-state index is 13.4. The Balaban J connectivity index is 2.29. The molecule has 1 amide bonds. The van der Waals surface area contributed by atoms with Gasteiger partial charge in [-0.3, -0.25) is 4.79 Å². The number of hydrogen-bond donors (Lipinski definition) is 1. The number of aliphatic hydroxyl groups excluding tert-OH is 1. The van der Waals surface area contributed by atoms with Gasteiger partial charge in [-0.25, -0.2) is 17.6 Å². The summed E-state index contributed by atoms with van der Waals surface area (Å²) in [6.45, 7) is 0.306.